The average molecular weight is 198 g/mol. The number of aromatic nitrogens is 3. The number of carboxylic acids is 1. The standard InChI is InChI=1S/C7H4ClN3O2/c8-5-3(7(12)13)1-2-4-6(5)10-11-9-4/h1-2H,(H,12,13)(H,9,10,11). The van der Waals surface area contributed by atoms with Crippen LogP contribution in [0.3, 0.4) is 0 Å². The molecule has 1 heterocycles. The Morgan fingerprint density at radius 3 is 2.92 bits per heavy atom. The molecule has 0 saturated carbocycles. The molecular formula is C7H4ClN3O2. The van der Waals surface area contributed by atoms with Crippen molar-refractivity contribution >= 4 is 28.6 Å². The number of carbonyl (C=O) groups is 1. The molecule has 6 heteroatoms. The molecule has 0 bridgehead atoms. The molecule has 0 fully saturated rings. The molecule has 0 atom stereocenters. The third-order valence-corrected chi connectivity index (χ3v) is 2.04. The van der Waals surface area contributed by atoms with E-state index in [9.17, 15) is 4.79 Å². The molecule has 1 aromatic carbocycles. The highest BCUT2D eigenvalue weighted by molar-refractivity contribution is 6.37. The van der Waals surface area contributed by atoms with Crippen LogP contribution in [0.5, 0.6) is 0 Å². The van der Waals surface area contributed by atoms with Crippen molar-refractivity contribution in [1.29, 1.82) is 0 Å². The van der Waals surface area contributed by atoms with E-state index in [1.807, 2.05) is 0 Å². The van der Waals surface area contributed by atoms with E-state index in [0.29, 0.717) is 11.0 Å². The summed E-state index contributed by atoms with van der Waals surface area (Å²) in [5, 5.41) is 18.7. The minimum absolute atomic E-state index is 0.0306. The minimum Gasteiger partial charge on any atom is -0.478 e. The van der Waals surface area contributed by atoms with Gasteiger partial charge in [0.15, 0.2) is 0 Å². The summed E-state index contributed by atoms with van der Waals surface area (Å²) in [5.41, 5.74) is 0.958. The van der Waals surface area contributed by atoms with Gasteiger partial charge in [0.05, 0.1) is 10.6 Å². The van der Waals surface area contributed by atoms with Gasteiger partial charge >= 0.3 is 5.97 Å². The highest BCUT2D eigenvalue weighted by atomic mass is 35.5. The number of fused-ring (bicyclic) bond motifs is 1. The number of H-pyrrole nitrogens is 1. The van der Waals surface area contributed by atoms with Crippen molar-refractivity contribution in [1.82, 2.24) is 15.4 Å². The fourth-order valence-corrected chi connectivity index (χ4v) is 1.33. The van der Waals surface area contributed by atoms with Gasteiger partial charge in [0.1, 0.15) is 11.0 Å². The van der Waals surface area contributed by atoms with Crippen molar-refractivity contribution in [2.24, 2.45) is 0 Å². The Kier molecular flexibility index (Phi) is 1.66. The predicted molar refractivity (Wildman–Crippen MR) is 45.9 cm³/mol. The molecule has 0 unspecified atom stereocenters. The maximum absolute atomic E-state index is 10.6. The van der Waals surface area contributed by atoms with Crippen molar-refractivity contribution < 1.29 is 9.90 Å². The van der Waals surface area contributed by atoms with E-state index < -0.39 is 5.97 Å². The van der Waals surface area contributed by atoms with Crippen LogP contribution in [0.4, 0.5) is 0 Å². The summed E-state index contributed by atoms with van der Waals surface area (Å²) in [6, 6.07) is 2.95. The summed E-state index contributed by atoms with van der Waals surface area (Å²) >= 11 is 5.77. The first-order valence-electron chi connectivity index (χ1n) is 3.42. The fourth-order valence-electron chi connectivity index (χ4n) is 1.04. The second-order valence-corrected chi connectivity index (χ2v) is 2.80. The van der Waals surface area contributed by atoms with Gasteiger partial charge in [-0.15, -0.1) is 0 Å². The molecule has 0 amide bonds. The maximum atomic E-state index is 10.6. The molecule has 0 aliphatic carbocycles. The number of hydrogen-bond acceptors (Lipinski definition) is 3. The SMILES string of the molecule is O=C(O)c1ccc2n[nH]nc2c1Cl. The number of aromatic carboxylic acids is 1. The van der Waals surface area contributed by atoms with Gasteiger partial charge in [-0.2, -0.15) is 15.4 Å². The van der Waals surface area contributed by atoms with Gasteiger partial charge in [0.2, 0.25) is 0 Å². The Hall–Kier alpha value is -1.62. The third-order valence-electron chi connectivity index (χ3n) is 1.66. The lowest BCUT2D eigenvalue weighted by Crippen LogP contribution is -1.97. The van der Waals surface area contributed by atoms with Crippen LogP contribution in [0, 0.1) is 0 Å². The van der Waals surface area contributed by atoms with E-state index >= 15 is 0 Å². The number of aromatic amines is 1. The molecule has 0 aliphatic rings. The Labute approximate surface area is 77.3 Å². The Morgan fingerprint density at radius 1 is 1.46 bits per heavy atom. The van der Waals surface area contributed by atoms with Gasteiger partial charge in [-0.05, 0) is 12.1 Å². The first-order valence-corrected chi connectivity index (χ1v) is 3.80. The topological polar surface area (TPSA) is 78.9 Å². The maximum Gasteiger partial charge on any atom is 0.337 e. The summed E-state index contributed by atoms with van der Waals surface area (Å²) in [6.45, 7) is 0. The Morgan fingerprint density at radius 2 is 2.23 bits per heavy atom. The third kappa shape index (κ3) is 1.13. The van der Waals surface area contributed by atoms with Crippen molar-refractivity contribution in [2.75, 3.05) is 0 Å². The highest BCUT2D eigenvalue weighted by Crippen LogP contribution is 2.23. The van der Waals surface area contributed by atoms with Crippen LogP contribution in [0.15, 0.2) is 12.1 Å². The molecule has 0 spiro atoms. The van der Waals surface area contributed by atoms with Gasteiger partial charge in [0, 0.05) is 0 Å². The number of nitrogens with one attached hydrogen (secondary N) is 1. The number of rotatable bonds is 1. The van der Waals surface area contributed by atoms with E-state index in [4.69, 9.17) is 16.7 Å². The molecule has 1 aromatic heterocycles. The zero-order valence-electron chi connectivity index (χ0n) is 6.28. The second-order valence-electron chi connectivity index (χ2n) is 2.42. The van der Waals surface area contributed by atoms with Gasteiger partial charge in [0.25, 0.3) is 0 Å². The molecule has 2 rings (SSSR count). The van der Waals surface area contributed by atoms with Crippen LogP contribution >= 0.6 is 11.6 Å². The average Bonchev–Trinajstić information content (AvgIpc) is 2.52. The van der Waals surface area contributed by atoms with Crippen molar-refractivity contribution in [3.63, 3.8) is 0 Å². The van der Waals surface area contributed by atoms with E-state index in [-0.39, 0.29) is 10.6 Å². The number of carboxylic acid groups (broad SMARTS) is 1. The smallest absolute Gasteiger partial charge is 0.337 e. The van der Waals surface area contributed by atoms with E-state index in [1.165, 1.54) is 6.07 Å². The summed E-state index contributed by atoms with van der Waals surface area (Å²) in [4.78, 5) is 10.6. The molecular weight excluding hydrogens is 194 g/mol. The molecule has 2 N–H and O–H groups in total. The largest absolute Gasteiger partial charge is 0.478 e. The summed E-state index contributed by atoms with van der Waals surface area (Å²) in [7, 11) is 0. The van der Waals surface area contributed by atoms with Crippen molar-refractivity contribution in [3.8, 4) is 0 Å². The van der Waals surface area contributed by atoms with E-state index in [1.54, 1.807) is 6.07 Å². The molecule has 0 saturated heterocycles. The quantitative estimate of drug-likeness (QED) is 0.723. The first kappa shape index (κ1) is 8.00. The highest BCUT2D eigenvalue weighted by Gasteiger charge is 2.13. The number of halogens is 1. The number of benzene rings is 1. The van der Waals surface area contributed by atoms with Crippen molar-refractivity contribution in [2.45, 2.75) is 0 Å². The van der Waals surface area contributed by atoms with Gasteiger partial charge in [-0.1, -0.05) is 11.6 Å². The zero-order valence-corrected chi connectivity index (χ0v) is 7.04. The fraction of sp³-hybridized carbons (Fsp3) is 0. The second kappa shape index (κ2) is 2.70. The Balaban J connectivity index is 2.80. The summed E-state index contributed by atoms with van der Waals surface area (Å²) in [6.07, 6.45) is 0. The molecule has 2 aromatic rings. The molecule has 0 aliphatic heterocycles. The lowest BCUT2D eigenvalue weighted by Gasteiger charge is -1.96. The van der Waals surface area contributed by atoms with Gasteiger partial charge < -0.3 is 5.11 Å². The number of nitrogens with zero attached hydrogens (tertiary/aromatic N) is 2. The van der Waals surface area contributed by atoms with Gasteiger partial charge in [-0.3, -0.25) is 0 Å². The Bertz CT molecular complexity index is 480. The zero-order chi connectivity index (χ0) is 9.42. The number of hydrogen-bond donors (Lipinski definition) is 2. The van der Waals surface area contributed by atoms with Crippen LogP contribution in [-0.2, 0) is 0 Å². The first-order chi connectivity index (χ1) is 6.20. The van der Waals surface area contributed by atoms with Crippen LogP contribution in [0.25, 0.3) is 11.0 Å². The lowest BCUT2D eigenvalue weighted by molar-refractivity contribution is 0.0697. The minimum atomic E-state index is -1.07. The monoisotopic (exact) mass is 197 g/mol. The van der Waals surface area contributed by atoms with E-state index in [2.05, 4.69) is 15.4 Å². The summed E-state index contributed by atoms with van der Waals surface area (Å²) in [5.74, 6) is -1.07. The summed E-state index contributed by atoms with van der Waals surface area (Å²) < 4.78 is 0. The van der Waals surface area contributed by atoms with Gasteiger partial charge in [-0.25, -0.2) is 4.79 Å². The van der Waals surface area contributed by atoms with Crippen LogP contribution < -0.4 is 0 Å². The molecule has 66 valence electrons. The van der Waals surface area contributed by atoms with Crippen molar-refractivity contribution in [3.05, 3.63) is 22.7 Å². The predicted octanol–water partition coefficient (Wildman–Crippen LogP) is 1.31. The van der Waals surface area contributed by atoms with Crippen LogP contribution in [-0.4, -0.2) is 26.5 Å². The van der Waals surface area contributed by atoms with E-state index in [0.717, 1.165) is 0 Å². The normalized spacial score (nSPS) is 10.5. The van der Waals surface area contributed by atoms with Crippen LogP contribution in [0.2, 0.25) is 5.02 Å². The lowest BCUT2D eigenvalue weighted by atomic mass is 10.2. The molecule has 0 radical (unpaired) electrons. The molecule has 5 nitrogen and oxygen atoms in total. The molecule has 13 heavy (non-hydrogen) atoms. The van der Waals surface area contributed by atoms with Crippen LogP contribution in [0.1, 0.15) is 10.4 Å².